The Labute approximate surface area is 258 Å². The number of amides is 2. The Morgan fingerprint density at radius 1 is 0.886 bits per heavy atom. The summed E-state index contributed by atoms with van der Waals surface area (Å²) in [5.74, 6) is -4.03. The number of imide groups is 1. The predicted molar refractivity (Wildman–Crippen MR) is 163 cm³/mol. The van der Waals surface area contributed by atoms with Crippen molar-refractivity contribution in [2.24, 2.45) is 17.8 Å². The number of carbonyl (C=O) groups excluding carboxylic acids is 5. The lowest BCUT2D eigenvalue weighted by molar-refractivity contribution is -0.123. The van der Waals surface area contributed by atoms with E-state index in [0.29, 0.717) is 39.1 Å². The Balaban J connectivity index is 1.26. The summed E-state index contributed by atoms with van der Waals surface area (Å²) in [5.41, 5.74) is 3.68. The molecule has 0 aromatic heterocycles. The second-order valence-electron chi connectivity index (χ2n) is 11.7. The highest BCUT2D eigenvalue weighted by Gasteiger charge is 2.56. The molecule has 3 aliphatic carbocycles. The first-order valence-corrected chi connectivity index (χ1v) is 14.8. The lowest BCUT2D eigenvalue weighted by atomic mass is 9.59. The molecule has 218 valence electrons. The summed E-state index contributed by atoms with van der Waals surface area (Å²) < 4.78 is 0. The average molecular weight is 604 g/mol. The molecule has 3 aromatic carbocycles. The van der Waals surface area contributed by atoms with Crippen molar-refractivity contribution in [2.75, 3.05) is 4.90 Å². The zero-order valence-corrected chi connectivity index (χ0v) is 24.4. The Morgan fingerprint density at radius 3 is 2.30 bits per heavy atom. The first-order valence-electron chi connectivity index (χ1n) is 14.4. The van der Waals surface area contributed by atoms with E-state index in [-0.39, 0.29) is 52.8 Å². The smallest absolute Gasteiger partial charge is 0.238 e. The van der Waals surface area contributed by atoms with Crippen molar-refractivity contribution in [1.29, 1.82) is 0 Å². The molecule has 1 N–H and O–H groups in total. The number of anilines is 1. The molecule has 0 bridgehead atoms. The molecule has 1 fully saturated rings. The van der Waals surface area contributed by atoms with Gasteiger partial charge in [0.1, 0.15) is 5.75 Å². The molecule has 7 nitrogen and oxygen atoms in total. The second kappa shape index (κ2) is 10.4. The summed E-state index contributed by atoms with van der Waals surface area (Å²) in [6.07, 6.45) is 3.69. The average Bonchev–Trinajstić information content (AvgIpc) is 3.28. The van der Waals surface area contributed by atoms with E-state index in [2.05, 4.69) is 0 Å². The predicted octanol–water partition coefficient (Wildman–Crippen LogP) is 5.91. The molecule has 1 heterocycles. The Hall–Kier alpha value is -4.88. The van der Waals surface area contributed by atoms with Crippen molar-refractivity contribution < 1.29 is 29.1 Å². The van der Waals surface area contributed by atoms with E-state index < -0.39 is 23.7 Å². The fourth-order valence-electron chi connectivity index (χ4n) is 7.24. The SMILES string of the molecule is CC1=CC(=O)C2=C(C1=O)C(c1ccc(O)cc1Cl)C1=CCC3C(=O)N(c4ccc(C(=O)c5ccccc5)cc4)C(=O)C3C1C2. The molecule has 7 rings (SSSR count). The standard InChI is InChI=1S/C36H26ClNO6/c1-18-15-29(40)27-17-26-23(30(32(27)33(18)41)24-12-11-22(39)16-28(24)37)13-14-25-31(26)36(44)38(35(25)43)21-9-7-20(8-10-21)34(42)19-5-3-2-4-6-19/h2-13,15-16,25-26,30-31,39H,14,17H2,1H3. The van der Waals surface area contributed by atoms with Gasteiger partial charge in [-0.25, -0.2) is 0 Å². The second-order valence-corrected chi connectivity index (χ2v) is 12.1. The number of fused-ring (bicyclic) bond motifs is 3. The summed E-state index contributed by atoms with van der Waals surface area (Å²) in [5, 5.41) is 10.3. The summed E-state index contributed by atoms with van der Waals surface area (Å²) >= 11 is 6.61. The minimum absolute atomic E-state index is 0.0381. The van der Waals surface area contributed by atoms with Crippen LogP contribution in [0.2, 0.25) is 5.02 Å². The highest BCUT2D eigenvalue weighted by molar-refractivity contribution is 6.32. The number of allylic oxidation sites excluding steroid dienone is 6. The number of hydrogen-bond acceptors (Lipinski definition) is 6. The van der Waals surface area contributed by atoms with Gasteiger partial charge >= 0.3 is 0 Å². The van der Waals surface area contributed by atoms with Gasteiger partial charge in [0, 0.05) is 38.8 Å². The lowest BCUT2D eigenvalue weighted by Crippen LogP contribution is -2.39. The van der Waals surface area contributed by atoms with E-state index in [1.165, 1.54) is 23.1 Å². The van der Waals surface area contributed by atoms with E-state index >= 15 is 0 Å². The highest BCUT2D eigenvalue weighted by atomic mass is 35.5. The van der Waals surface area contributed by atoms with Crippen molar-refractivity contribution in [1.82, 2.24) is 0 Å². The van der Waals surface area contributed by atoms with Gasteiger partial charge in [-0.1, -0.05) is 59.6 Å². The molecule has 4 atom stereocenters. The number of benzene rings is 3. The number of carbonyl (C=O) groups is 5. The monoisotopic (exact) mass is 603 g/mol. The van der Waals surface area contributed by atoms with Gasteiger partial charge in [-0.05, 0) is 73.7 Å². The van der Waals surface area contributed by atoms with Gasteiger partial charge in [0.2, 0.25) is 11.8 Å². The van der Waals surface area contributed by atoms with E-state index in [0.717, 1.165) is 5.57 Å². The Bertz CT molecular complexity index is 1900. The van der Waals surface area contributed by atoms with Crippen LogP contribution in [0, 0.1) is 17.8 Å². The van der Waals surface area contributed by atoms with Gasteiger partial charge in [0.05, 0.1) is 17.5 Å². The van der Waals surface area contributed by atoms with E-state index in [9.17, 15) is 29.1 Å². The zero-order valence-electron chi connectivity index (χ0n) is 23.6. The van der Waals surface area contributed by atoms with Crippen LogP contribution in [0.3, 0.4) is 0 Å². The van der Waals surface area contributed by atoms with Crippen LogP contribution in [0.4, 0.5) is 5.69 Å². The van der Waals surface area contributed by atoms with Crippen LogP contribution >= 0.6 is 11.6 Å². The number of halogens is 1. The van der Waals surface area contributed by atoms with Gasteiger partial charge in [-0.15, -0.1) is 0 Å². The summed E-state index contributed by atoms with van der Waals surface area (Å²) in [7, 11) is 0. The topological polar surface area (TPSA) is 109 Å². The number of Topliss-reactive ketones (excluding diaryl/α,β-unsaturated/α-hetero) is 1. The first kappa shape index (κ1) is 27.9. The number of phenols is 1. The fourth-order valence-corrected chi connectivity index (χ4v) is 7.52. The number of aromatic hydroxyl groups is 1. The van der Waals surface area contributed by atoms with Crippen molar-refractivity contribution in [2.45, 2.75) is 25.7 Å². The van der Waals surface area contributed by atoms with Gasteiger partial charge < -0.3 is 5.11 Å². The number of rotatable bonds is 4. The van der Waals surface area contributed by atoms with Gasteiger partial charge in [-0.3, -0.25) is 28.9 Å². The molecule has 1 saturated heterocycles. The van der Waals surface area contributed by atoms with Crippen LogP contribution in [0.15, 0.2) is 107 Å². The fraction of sp³-hybridized carbons (Fsp3) is 0.194. The molecule has 3 aromatic rings. The van der Waals surface area contributed by atoms with Crippen LogP contribution in [0.25, 0.3) is 0 Å². The number of ketones is 3. The highest BCUT2D eigenvalue weighted by Crippen LogP contribution is 2.56. The maximum absolute atomic E-state index is 14.1. The summed E-state index contributed by atoms with van der Waals surface area (Å²) in [4.78, 5) is 68.9. The van der Waals surface area contributed by atoms with Crippen LogP contribution < -0.4 is 4.90 Å². The number of nitrogens with zero attached hydrogens (tertiary/aromatic N) is 1. The zero-order chi connectivity index (χ0) is 30.9. The number of hydrogen-bond donors (Lipinski definition) is 1. The Kier molecular flexibility index (Phi) is 6.59. The molecule has 44 heavy (non-hydrogen) atoms. The molecule has 4 unspecified atom stereocenters. The van der Waals surface area contributed by atoms with Gasteiger partial charge in [0.15, 0.2) is 17.3 Å². The third-order valence-electron chi connectivity index (χ3n) is 9.28. The van der Waals surface area contributed by atoms with Gasteiger partial charge in [0.25, 0.3) is 0 Å². The molecule has 2 amide bonds. The first-order chi connectivity index (χ1) is 21.2. The van der Waals surface area contributed by atoms with Crippen molar-refractivity contribution in [3.63, 3.8) is 0 Å². The summed E-state index contributed by atoms with van der Waals surface area (Å²) in [6, 6.07) is 19.8. The normalized spacial score (nSPS) is 24.5. The molecule has 0 saturated carbocycles. The summed E-state index contributed by atoms with van der Waals surface area (Å²) in [6.45, 7) is 1.60. The van der Waals surface area contributed by atoms with Gasteiger partial charge in [-0.2, -0.15) is 0 Å². The molecule has 0 radical (unpaired) electrons. The quantitative estimate of drug-likeness (QED) is 0.172. The van der Waals surface area contributed by atoms with Crippen LogP contribution in [-0.2, 0) is 19.2 Å². The largest absolute Gasteiger partial charge is 0.508 e. The lowest BCUT2D eigenvalue weighted by Gasteiger charge is -2.42. The number of phenolic OH excluding ortho intramolecular Hbond substituents is 1. The minimum Gasteiger partial charge on any atom is -0.508 e. The molecular weight excluding hydrogens is 578 g/mol. The van der Waals surface area contributed by atoms with E-state index in [1.54, 1.807) is 61.5 Å². The van der Waals surface area contributed by atoms with E-state index in [1.807, 2.05) is 12.1 Å². The molecule has 0 spiro atoms. The van der Waals surface area contributed by atoms with Crippen molar-refractivity contribution in [3.05, 3.63) is 129 Å². The maximum Gasteiger partial charge on any atom is 0.238 e. The minimum atomic E-state index is -0.740. The molecule has 1 aliphatic heterocycles. The van der Waals surface area contributed by atoms with Crippen LogP contribution in [0.5, 0.6) is 5.75 Å². The van der Waals surface area contributed by atoms with E-state index in [4.69, 9.17) is 11.6 Å². The third kappa shape index (κ3) is 4.22. The van der Waals surface area contributed by atoms with Crippen molar-refractivity contribution >= 4 is 46.5 Å². The van der Waals surface area contributed by atoms with Crippen LogP contribution in [-0.4, -0.2) is 34.3 Å². The Morgan fingerprint density at radius 2 is 1.59 bits per heavy atom. The molecule has 8 heteroatoms. The van der Waals surface area contributed by atoms with Crippen molar-refractivity contribution in [3.8, 4) is 5.75 Å². The molecular formula is C36H26ClNO6. The van der Waals surface area contributed by atoms with Crippen LogP contribution in [0.1, 0.15) is 47.2 Å². The maximum atomic E-state index is 14.1. The third-order valence-corrected chi connectivity index (χ3v) is 9.61. The molecule has 4 aliphatic rings.